The van der Waals surface area contributed by atoms with Gasteiger partial charge in [-0.1, -0.05) is 0 Å². The topological polar surface area (TPSA) is 66.0 Å². The van der Waals surface area contributed by atoms with E-state index in [1.54, 1.807) is 0 Å². The van der Waals surface area contributed by atoms with Crippen LogP contribution in [0.1, 0.15) is 10.4 Å². The van der Waals surface area contributed by atoms with Gasteiger partial charge < -0.3 is 10.1 Å². The summed E-state index contributed by atoms with van der Waals surface area (Å²) in [5, 5.41) is 8.91. The monoisotopic (exact) mass is 418 g/mol. The zero-order chi connectivity index (χ0) is 14.4. The summed E-state index contributed by atoms with van der Waals surface area (Å²) < 4.78 is 15.4. The maximum atomic E-state index is 13.6. The number of hydrogen-bond donors (Lipinski definition) is 2. The van der Waals surface area contributed by atoms with Crippen LogP contribution in [0.15, 0.2) is 25.8 Å². The summed E-state index contributed by atoms with van der Waals surface area (Å²) in [6.07, 6.45) is 0. The van der Waals surface area contributed by atoms with Crippen molar-refractivity contribution in [2.75, 3.05) is 0 Å². The number of aromatic nitrogens is 2. The number of hydrogen-bond acceptors (Lipinski definition) is 3. The Bertz CT molecular complexity index is 843. The zero-order valence-electron chi connectivity index (χ0n) is 9.58. The van der Waals surface area contributed by atoms with E-state index in [2.05, 4.69) is 41.8 Å². The van der Waals surface area contributed by atoms with E-state index in [9.17, 15) is 9.18 Å². The fourth-order valence-corrected chi connectivity index (χ4v) is 4.63. The van der Waals surface area contributed by atoms with Gasteiger partial charge in [-0.05, 0) is 44.0 Å². The van der Waals surface area contributed by atoms with Crippen LogP contribution in [-0.2, 0) is 0 Å². The number of nitrogens with zero attached hydrogens (tertiary/aromatic N) is 1. The summed E-state index contributed by atoms with van der Waals surface area (Å²) in [4.78, 5) is 18.2. The van der Waals surface area contributed by atoms with Crippen LogP contribution < -0.4 is 0 Å². The van der Waals surface area contributed by atoms with Gasteiger partial charge in [0, 0.05) is 11.6 Å². The first-order chi connectivity index (χ1) is 9.45. The number of aromatic amines is 1. The van der Waals surface area contributed by atoms with Gasteiger partial charge in [0.05, 0.1) is 24.2 Å². The highest BCUT2D eigenvalue weighted by atomic mass is 79.9. The largest absolute Gasteiger partial charge is 0.478 e. The predicted octanol–water partition coefficient (Wildman–Crippen LogP) is 4.65. The molecule has 0 aliphatic carbocycles. The zero-order valence-corrected chi connectivity index (χ0v) is 13.6. The van der Waals surface area contributed by atoms with Crippen LogP contribution in [0.5, 0.6) is 0 Å². The Hall–Kier alpha value is -1.25. The molecule has 2 N–H and O–H groups in total. The molecule has 4 nitrogen and oxygen atoms in total. The molecule has 0 radical (unpaired) electrons. The quantitative estimate of drug-likeness (QED) is 0.635. The molecule has 0 amide bonds. The van der Waals surface area contributed by atoms with Crippen molar-refractivity contribution in [3.8, 4) is 11.4 Å². The van der Waals surface area contributed by atoms with Crippen molar-refractivity contribution in [1.29, 1.82) is 0 Å². The minimum atomic E-state index is -1.31. The second-order valence-corrected chi connectivity index (χ2v) is 7.73. The molecular weight excluding hydrogens is 415 g/mol. The molecule has 0 saturated heterocycles. The van der Waals surface area contributed by atoms with Gasteiger partial charge in [-0.3, -0.25) is 0 Å². The third kappa shape index (κ3) is 2.27. The van der Waals surface area contributed by atoms with E-state index in [-0.39, 0.29) is 5.56 Å². The van der Waals surface area contributed by atoms with E-state index in [0.29, 0.717) is 16.9 Å². The van der Waals surface area contributed by atoms with Crippen molar-refractivity contribution in [3.05, 3.63) is 37.2 Å². The lowest BCUT2D eigenvalue weighted by molar-refractivity contribution is 0.0692. The second-order valence-electron chi connectivity index (χ2n) is 3.98. The molecule has 0 aliphatic rings. The second kappa shape index (κ2) is 4.94. The Morgan fingerprint density at radius 2 is 2.10 bits per heavy atom. The van der Waals surface area contributed by atoms with Gasteiger partial charge >= 0.3 is 5.97 Å². The number of imidazole rings is 1. The van der Waals surface area contributed by atoms with Crippen molar-refractivity contribution in [2.45, 2.75) is 0 Å². The van der Waals surface area contributed by atoms with E-state index >= 15 is 0 Å². The molecule has 2 heterocycles. The van der Waals surface area contributed by atoms with Gasteiger partial charge in [-0.15, -0.1) is 11.3 Å². The average Bonchev–Trinajstić information content (AvgIpc) is 2.90. The Balaban J connectivity index is 2.20. The molecule has 0 spiro atoms. The van der Waals surface area contributed by atoms with Gasteiger partial charge in [-0.25, -0.2) is 14.2 Å². The van der Waals surface area contributed by atoms with Gasteiger partial charge in [-0.2, -0.15) is 0 Å². The van der Waals surface area contributed by atoms with E-state index in [0.717, 1.165) is 19.2 Å². The minimum Gasteiger partial charge on any atom is -0.478 e. The fraction of sp³-hybridized carbons (Fsp3) is 0. The van der Waals surface area contributed by atoms with Crippen LogP contribution in [0.2, 0.25) is 0 Å². The molecule has 0 atom stereocenters. The van der Waals surface area contributed by atoms with Crippen LogP contribution in [0, 0.1) is 5.82 Å². The van der Waals surface area contributed by atoms with Crippen molar-refractivity contribution >= 4 is 60.2 Å². The minimum absolute atomic E-state index is 0.388. The highest BCUT2D eigenvalue weighted by Crippen LogP contribution is 2.38. The van der Waals surface area contributed by atoms with Gasteiger partial charge in [0.15, 0.2) is 0 Å². The summed E-state index contributed by atoms with van der Waals surface area (Å²) >= 11 is 8.29. The molecule has 0 aliphatic heterocycles. The number of rotatable bonds is 2. The third-order valence-electron chi connectivity index (χ3n) is 2.71. The number of carboxylic acid groups (broad SMARTS) is 1. The summed E-state index contributed by atoms with van der Waals surface area (Å²) in [5.41, 5.74) is 1.31. The normalized spacial score (nSPS) is 11.2. The molecule has 0 unspecified atom stereocenters. The number of carboxylic acids is 1. The lowest BCUT2D eigenvalue weighted by atomic mass is 10.2. The van der Waals surface area contributed by atoms with Gasteiger partial charge in [0.25, 0.3) is 0 Å². The Kier molecular flexibility index (Phi) is 3.39. The molecule has 102 valence electrons. The Labute approximate surface area is 132 Å². The lowest BCUT2D eigenvalue weighted by Gasteiger charge is -1.95. The molecule has 3 rings (SSSR count). The van der Waals surface area contributed by atoms with Crippen LogP contribution in [-0.4, -0.2) is 21.0 Å². The van der Waals surface area contributed by atoms with Gasteiger partial charge in [0.2, 0.25) is 0 Å². The van der Waals surface area contributed by atoms with Crippen LogP contribution in [0.25, 0.3) is 22.4 Å². The first kappa shape index (κ1) is 13.7. The molecule has 20 heavy (non-hydrogen) atoms. The molecule has 1 aromatic carbocycles. The molecule has 2 aromatic heterocycles. The van der Waals surface area contributed by atoms with Crippen LogP contribution >= 0.6 is 43.2 Å². The van der Waals surface area contributed by atoms with Crippen molar-refractivity contribution in [2.24, 2.45) is 0 Å². The number of halogens is 3. The number of carbonyl (C=O) groups is 1. The number of H-pyrrole nitrogens is 1. The molecule has 0 bridgehead atoms. The van der Waals surface area contributed by atoms with Crippen molar-refractivity contribution < 1.29 is 14.3 Å². The van der Waals surface area contributed by atoms with Crippen molar-refractivity contribution in [3.63, 3.8) is 0 Å². The maximum absolute atomic E-state index is 13.6. The number of benzene rings is 1. The summed E-state index contributed by atoms with van der Waals surface area (Å²) in [5.74, 6) is -1.55. The lowest BCUT2D eigenvalue weighted by Crippen LogP contribution is -1.99. The highest BCUT2D eigenvalue weighted by molar-refractivity contribution is 9.12. The molecule has 0 saturated carbocycles. The molecule has 3 aromatic rings. The Morgan fingerprint density at radius 3 is 2.70 bits per heavy atom. The number of thiophene rings is 1. The Morgan fingerprint density at radius 1 is 1.35 bits per heavy atom. The SMILES string of the molecule is O=C(O)c1cc2nc(-c3cc(Br)sc3Br)[nH]c2cc1F. The number of nitrogens with one attached hydrogen (secondary N) is 1. The van der Waals surface area contributed by atoms with E-state index in [1.807, 2.05) is 6.07 Å². The predicted molar refractivity (Wildman–Crippen MR) is 81.7 cm³/mol. The standard InChI is InChI=1S/C12H5Br2FN2O2S/c13-9-2-5(10(14)20-9)11-16-7-1-4(12(18)19)6(15)3-8(7)17-11/h1-3H,(H,16,17)(H,18,19). The first-order valence-electron chi connectivity index (χ1n) is 5.33. The summed E-state index contributed by atoms with van der Waals surface area (Å²) in [7, 11) is 0. The summed E-state index contributed by atoms with van der Waals surface area (Å²) in [6, 6.07) is 4.24. The van der Waals surface area contributed by atoms with Crippen LogP contribution in [0.4, 0.5) is 4.39 Å². The molecule has 8 heteroatoms. The van der Waals surface area contributed by atoms with Crippen molar-refractivity contribution in [1.82, 2.24) is 9.97 Å². The van der Waals surface area contributed by atoms with E-state index in [4.69, 9.17) is 5.11 Å². The first-order valence-corrected chi connectivity index (χ1v) is 7.73. The fourth-order valence-electron chi connectivity index (χ4n) is 1.82. The number of fused-ring (bicyclic) bond motifs is 1. The van der Waals surface area contributed by atoms with E-state index < -0.39 is 11.8 Å². The third-order valence-corrected chi connectivity index (χ3v) is 5.05. The molecule has 0 fully saturated rings. The van der Waals surface area contributed by atoms with E-state index in [1.165, 1.54) is 17.4 Å². The average molecular weight is 420 g/mol. The van der Waals surface area contributed by atoms with Gasteiger partial charge in [0.1, 0.15) is 11.6 Å². The van der Waals surface area contributed by atoms with Crippen LogP contribution in [0.3, 0.4) is 0 Å². The summed E-state index contributed by atoms with van der Waals surface area (Å²) in [6.45, 7) is 0. The smallest absolute Gasteiger partial charge is 0.338 e. The maximum Gasteiger partial charge on any atom is 0.338 e. The highest BCUT2D eigenvalue weighted by Gasteiger charge is 2.16. The molecular formula is C12H5Br2FN2O2S. The number of aromatic carboxylic acids is 1.